The largest absolute Gasteiger partial charge is 0.494 e. The number of hydrogen-bond acceptors (Lipinski definition) is 5. The predicted molar refractivity (Wildman–Crippen MR) is 123 cm³/mol. The van der Waals surface area contributed by atoms with Crippen LogP contribution in [0.5, 0.6) is 5.75 Å². The van der Waals surface area contributed by atoms with E-state index in [0.717, 1.165) is 23.7 Å². The van der Waals surface area contributed by atoms with Crippen molar-refractivity contribution < 1.29 is 14.6 Å². The van der Waals surface area contributed by atoms with Gasteiger partial charge in [0.05, 0.1) is 13.0 Å². The smallest absolute Gasteiger partial charge is 0.304 e. The topological polar surface area (TPSA) is 62.7 Å². The Balaban J connectivity index is 0.000000230. The second-order valence-electron chi connectivity index (χ2n) is 7.17. The van der Waals surface area contributed by atoms with Crippen LogP contribution in [-0.2, 0) is 4.79 Å². The van der Waals surface area contributed by atoms with E-state index in [2.05, 4.69) is 36.2 Å². The van der Waals surface area contributed by atoms with Crippen molar-refractivity contribution in [2.24, 2.45) is 0 Å². The van der Waals surface area contributed by atoms with Crippen molar-refractivity contribution in [1.82, 2.24) is 9.88 Å². The first-order chi connectivity index (χ1) is 14.4. The molecule has 0 amide bonds. The van der Waals surface area contributed by atoms with Crippen molar-refractivity contribution in [2.75, 3.05) is 26.7 Å². The molecule has 0 aliphatic carbocycles. The van der Waals surface area contributed by atoms with Crippen LogP contribution in [0.4, 0.5) is 0 Å². The molecule has 0 radical (unpaired) electrons. The molecule has 2 aromatic carbocycles. The molecule has 0 fully saturated rings. The van der Waals surface area contributed by atoms with Crippen LogP contribution in [0.3, 0.4) is 0 Å². The summed E-state index contributed by atoms with van der Waals surface area (Å²) in [5.41, 5.74) is 3.71. The van der Waals surface area contributed by atoms with Gasteiger partial charge in [0.1, 0.15) is 10.8 Å². The van der Waals surface area contributed by atoms with Crippen LogP contribution in [0.1, 0.15) is 24.0 Å². The van der Waals surface area contributed by atoms with Gasteiger partial charge in [-0.25, -0.2) is 4.98 Å². The van der Waals surface area contributed by atoms with Crippen molar-refractivity contribution in [2.45, 2.75) is 26.7 Å². The lowest BCUT2D eigenvalue weighted by Gasteiger charge is -2.15. The molecule has 0 atom stereocenters. The summed E-state index contributed by atoms with van der Waals surface area (Å²) in [5.74, 6) is 0.131. The second-order valence-corrected chi connectivity index (χ2v) is 8.06. The molecule has 160 valence electrons. The molecule has 0 unspecified atom stereocenters. The van der Waals surface area contributed by atoms with Crippen LogP contribution in [0, 0.1) is 13.8 Å². The molecule has 30 heavy (non-hydrogen) atoms. The SMILES string of the molecule is Cc1ccc(-c2nccs2)cc1.Cc1ccc(OCCCN(C)CCC(=O)O)cc1. The van der Waals surface area contributed by atoms with E-state index >= 15 is 0 Å². The van der Waals surface area contributed by atoms with Crippen LogP contribution < -0.4 is 4.74 Å². The molecule has 3 aromatic rings. The molecule has 0 saturated carbocycles. The van der Waals surface area contributed by atoms with E-state index in [4.69, 9.17) is 9.84 Å². The zero-order valence-corrected chi connectivity index (χ0v) is 18.7. The minimum absolute atomic E-state index is 0.190. The number of aromatic nitrogens is 1. The molecule has 0 spiro atoms. The fraction of sp³-hybridized carbons (Fsp3) is 0.333. The average Bonchev–Trinajstić information content (AvgIpc) is 3.27. The van der Waals surface area contributed by atoms with Gasteiger partial charge < -0.3 is 14.7 Å². The number of hydrogen-bond donors (Lipinski definition) is 1. The van der Waals surface area contributed by atoms with Gasteiger partial charge in [0, 0.05) is 30.2 Å². The number of aliphatic carboxylic acids is 1. The first-order valence-corrected chi connectivity index (χ1v) is 10.9. The summed E-state index contributed by atoms with van der Waals surface area (Å²) < 4.78 is 5.59. The third-order valence-corrected chi connectivity index (χ3v) is 5.23. The van der Waals surface area contributed by atoms with Crippen LogP contribution >= 0.6 is 11.3 Å². The summed E-state index contributed by atoms with van der Waals surface area (Å²) in [5, 5.41) is 11.6. The molecule has 0 saturated heterocycles. The first kappa shape index (κ1) is 23.6. The van der Waals surface area contributed by atoms with E-state index in [1.54, 1.807) is 11.3 Å². The zero-order valence-electron chi connectivity index (χ0n) is 17.9. The fourth-order valence-electron chi connectivity index (χ4n) is 2.62. The Labute approximate surface area is 183 Å². The van der Waals surface area contributed by atoms with E-state index in [-0.39, 0.29) is 6.42 Å². The quantitative estimate of drug-likeness (QED) is 0.471. The van der Waals surface area contributed by atoms with Gasteiger partial charge in [-0.15, -0.1) is 11.3 Å². The highest BCUT2D eigenvalue weighted by atomic mass is 32.1. The molecule has 1 N–H and O–H groups in total. The number of carboxylic acid groups (broad SMARTS) is 1. The van der Waals surface area contributed by atoms with Gasteiger partial charge in [0.2, 0.25) is 0 Å². The lowest BCUT2D eigenvalue weighted by atomic mass is 10.2. The van der Waals surface area contributed by atoms with Crippen LogP contribution in [-0.4, -0.2) is 47.7 Å². The van der Waals surface area contributed by atoms with E-state index in [1.165, 1.54) is 16.7 Å². The third kappa shape index (κ3) is 9.20. The number of rotatable bonds is 9. The zero-order chi connectivity index (χ0) is 21.8. The van der Waals surface area contributed by atoms with Gasteiger partial charge in [-0.3, -0.25) is 4.79 Å². The summed E-state index contributed by atoms with van der Waals surface area (Å²) in [6.07, 6.45) is 2.92. The summed E-state index contributed by atoms with van der Waals surface area (Å²) in [4.78, 5) is 16.6. The fourth-order valence-corrected chi connectivity index (χ4v) is 3.26. The number of carbonyl (C=O) groups is 1. The van der Waals surface area contributed by atoms with E-state index in [1.807, 2.05) is 54.7 Å². The summed E-state index contributed by atoms with van der Waals surface area (Å²) in [6.45, 7) is 6.21. The van der Waals surface area contributed by atoms with Crippen molar-refractivity contribution >= 4 is 17.3 Å². The maximum Gasteiger partial charge on any atom is 0.304 e. The standard InChI is InChI=1S/C14H21NO3.C10H9NS/c1-12-4-6-13(7-5-12)18-11-3-9-15(2)10-8-14(16)17;1-8-2-4-9(5-3-8)10-11-6-7-12-10/h4-7H,3,8-11H2,1-2H3,(H,16,17);2-7H,1H3. The van der Waals surface area contributed by atoms with Gasteiger partial charge in [0.25, 0.3) is 0 Å². The van der Waals surface area contributed by atoms with Gasteiger partial charge in [-0.05, 0) is 39.4 Å². The third-order valence-electron chi connectivity index (χ3n) is 4.41. The summed E-state index contributed by atoms with van der Waals surface area (Å²) in [7, 11) is 1.93. The Hall–Kier alpha value is -2.70. The van der Waals surface area contributed by atoms with Crippen LogP contribution in [0.15, 0.2) is 60.1 Å². The first-order valence-electron chi connectivity index (χ1n) is 10.0. The highest BCUT2D eigenvalue weighted by molar-refractivity contribution is 7.13. The molecule has 0 aliphatic heterocycles. The number of thiazole rings is 1. The minimum Gasteiger partial charge on any atom is -0.494 e. The molecular weight excluding hydrogens is 396 g/mol. The molecule has 0 bridgehead atoms. The maximum atomic E-state index is 10.4. The van der Waals surface area contributed by atoms with Gasteiger partial charge in [-0.1, -0.05) is 47.5 Å². The average molecular weight is 427 g/mol. The van der Waals surface area contributed by atoms with Gasteiger partial charge in [-0.2, -0.15) is 0 Å². The van der Waals surface area contributed by atoms with E-state index in [0.29, 0.717) is 13.2 Å². The lowest BCUT2D eigenvalue weighted by Crippen LogP contribution is -2.24. The Kier molecular flexibility index (Phi) is 10.0. The van der Waals surface area contributed by atoms with Crippen molar-refractivity contribution in [3.8, 4) is 16.3 Å². The number of aryl methyl sites for hydroxylation is 2. The van der Waals surface area contributed by atoms with Crippen molar-refractivity contribution in [3.63, 3.8) is 0 Å². The summed E-state index contributed by atoms with van der Waals surface area (Å²) >= 11 is 1.67. The van der Waals surface area contributed by atoms with Crippen molar-refractivity contribution in [1.29, 1.82) is 0 Å². The molecule has 6 heteroatoms. The van der Waals surface area contributed by atoms with Gasteiger partial charge in [0.15, 0.2) is 0 Å². The maximum absolute atomic E-state index is 10.4. The monoisotopic (exact) mass is 426 g/mol. The van der Waals surface area contributed by atoms with E-state index in [9.17, 15) is 4.79 Å². The number of ether oxygens (including phenoxy) is 1. The Morgan fingerprint density at radius 1 is 1.03 bits per heavy atom. The highest BCUT2D eigenvalue weighted by Gasteiger charge is 2.02. The lowest BCUT2D eigenvalue weighted by molar-refractivity contribution is -0.137. The van der Waals surface area contributed by atoms with E-state index < -0.39 is 5.97 Å². The van der Waals surface area contributed by atoms with Crippen molar-refractivity contribution in [3.05, 3.63) is 71.2 Å². The molecule has 1 aromatic heterocycles. The molecule has 0 aliphatic rings. The van der Waals surface area contributed by atoms with Gasteiger partial charge >= 0.3 is 5.97 Å². The predicted octanol–water partition coefficient (Wildman–Crippen LogP) is 5.29. The Bertz CT molecular complexity index is 862. The Morgan fingerprint density at radius 3 is 2.23 bits per heavy atom. The number of carboxylic acids is 1. The number of benzene rings is 2. The number of nitrogens with zero attached hydrogens (tertiary/aromatic N) is 2. The Morgan fingerprint density at radius 2 is 1.67 bits per heavy atom. The highest BCUT2D eigenvalue weighted by Crippen LogP contribution is 2.21. The normalized spacial score (nSPS) is 10.4. The second kappa shape index (κ2) is 12.8. The summed E-state index contributed by atoms with van der Waals surface area (Å²) in [6, 6.07) is 16.4. The minimum atomic E-state index is -0.752. The molecular formula is C24H30N2O3S. The molecule has 5 nitrogen and oxygen atoms in total. The molecule has 3 rings (SSSR count). The van der Waals surface area contributed by atoms with Crippen LogP contribution in [0.25, 0.3) is 10.6 Å². The van der Waals surface area contributed by atoms with Crippen LogP contribution in [0.2, 0.25) is 0 Å². The molecule has 1 heterocycles.